The van der Waals surface area contributed by atoms with Gasteiger partial charge in [-0.05, 0) is 50.2 Å². The maximum absolute atomic E-state index is 12.5. The van der Waals surface area contributed by atoms with Crippen LogP contribution in [0.5, 0.6) is 0 Å². The van der Waals surface area contributed by atoms with Gasteiger partial charge in [0.15, 0.2) is 0 Å². The van der Waals surface area contributed by atoms with E-state index in [1.54, 1.807) is 31.4 Å². The minimum absolute atomic E-state index is 0.00874. The van der Waals surface area contributed by atoms with E-state index in [1.807, 2.05) is 0 Å². The summed E-state index contributed by atoms with van der Waals surface area (Å²) in [5, 5.41) is 15.0. The predicted octanol–water partition coefficient (Wildman–Crippen LogP) is 1.51. The average molecular weight is 273 g/mol. The molecular weight excluding hydrogens is 254 g/mol. The molecule has 0 saturated carbocycles. The first-order chi connectivity index (χ1) is 9.70. The number of carbonyl (C=O) groups excluding carboxylic acids is 1. The third kappa shape index (κ3) is 3.16. The minimum Gasteiger partial charge on any atom is -0.384 e. The molecular formula is C15H19N3O2. The van der Waals surface area contributed by atoms with Crippen molar-refractivity contribution in [2.45, 2.75) is 12.8 Å². The second-order valence-corrected chi connectivity index (χ2v) is 5.11. The summed E-state index contributed by atoms with van der Waals surface area (Å²) in [6.07, 6.45) is 1.53. The van der Waals surface area contributed by atoms with E-state index in [2.05, 4.69) is 16.7 Å². The summed E-state index contributed by atoms with van der Waals surface area (Å²) in [6, 6.07) is 8.94. The van der Waals surface area contributed by atoms with Crippen LogP contribution >= 0.6 is 0 Å². The van der Waals surface area contributed by atoms with Gasteiger partial charge in [-0.3, -0.25) is 4.79 Å². The van der Waals surface area contributed by atoms with Gasteiger partial charge >= 0.3 is 0 Å². The van der Waals surface area contributed by atoms with Crippen molar-refractivity contribution in [2.75, 3.05) is 32.1 Å². The number of amides is 1. The first-order valence-corrected chi connectivity index (χ1v) is 6.71. The number of hydrogen-bond acceptors (Lipinski definition) is 4. The second-order valence-electron chi connectivity index (χ2n) is 5.11. The summed E-state index contributed by atoms with van der Waals surface area (Å²) in [6.45, 7) is 2.07. The van der Waals surface area contributed by atoms with Gasteiger partial charge in [0.1, 0.15) is 0 Å². The molecule has 2 N–H and O–H groups in total. The zero-order valence-corrected chi connectivity index (χ0v) is 11.6. The molecule has 0 unspecified atom stereocenters. The molecule has 1 fully saturated rings. The highest BCUT2D eigenvalue weighted by atomic mass is 16.5. The van der Waals surface area contributed by atoms with Crippen LogP contribution in [-0.4, -0.2) is 32.7 Å². The SMILES string of the molecule is COCC1(C(=O)Nc2ccc(C#N)cc2)CCNCC1. The molecule has 0 aliphatic carbocycles. The first kappa shape index (κ1) is 14.5. The lowest BCUT2D eigenvalue weighted by Gasteiger charge is -2.35. The van der Waals surface area contributed by atoms with Crippen molar-refractivity contribution >= 4 is 11.6 Å². The Balaban J connectivity index is 2.09. The fourth-order valence-electron chi connectivity index (χ4n) is 2.51. The largest absolute Gasteiger partial charge is 0.384 e. The topological polar surface area (TPSA) is 74.1 Å². The summed E-state index contributed by atoms with van der Waals surface area (Å²) in [5.74, 6) is -0.00874. The van der Waals surface area contributed by atoms with Crippen LogP contribution in [0.4, 0.5) is 5.69 Å². The van der Waals surface area contributed by atoms with Gasteiger partial charge in [-0.2, -0.15) is 5.26 Å². The van der Waals surface area contributed by atoms with Crippen molar-refractivity contribution in [2.24, 2.45) is 5.41 Å². The predicted molar refractivity (Wildman–Crippen MR) is 76.2 cm³/mol. The third-order valence-corrected chi connectivity index (χ3v) is 3.73. The molecule has 1 aromatic carbocycles. The Morgan fingerprint density at radius 2 is 2.05 bits per heavy atom. The third-order valence-electron chi connectivity index (χ3n) is 3.73. The van der Waals surface area contributed by atoms with Gasteiger partial charge in [0.2, 0.25) is 5.91 Å². The van der Waals surface area contributed by atoms with E-state index in [-0.39, 0.29) is 5.91 Å². The maximum Gasteiger partial charge on any atom is 0.233 e. The molecule has 0 radical (unpaired) electrons. The Kier molecular flexibility index (Phi) is 4.72. The molecule has 1 heterocycles. The molecule has 106 valence electrons. The summed E-state index contributed by atoms with van der Waals surface area (Å²) in [4.78, 5) is 12.5. The maximum atomic E-state index is 12.5. The lowest BCUT2D eigenvalue weighted by molar-refractivity contribution is -0.130. The molecule has 1 aliphatic heterocycles. The van der Waals surface area contributed by atoms with E-state index in [9.17, 15) is 4.79 Å². The number of nitriles is 1. The van der Waals surface area contributed by atoms with Gasteiger partial charge < -0.3 is 15.4 Å². The van der Waals surface area contributed by atoms with Crippen LogP contribution in [0.2, 0.25) is 0 Å². The monoisotopic (exact) mass is 273 g/mol. The highest BCUT2D eigenvalue weighted by Gasteiger charge is 2.39. The molecule has 5 nitrogen and oxygen atoms in total. The number of hydrogen-bond donors (Lipinski definition) is 2. The van der Waals surface area contributed by atoms with Gasteiger partial charge in [-0.1, -0.05) is 0 Å². The number of anilines is 1. The summed E-state index contributed by atoms with van der Waals surface area (Å²) in [7, 11) is 1.62. The van der Waals surface area contributed by atoms with E-state index in [4.69, 9.17) is 10.00 Å². The highest BCUT2D eigenvalue weighted by molar-refractivity contribution is 5.95. The van der Waals surface area contributed by atoms with E-state index < -0.39 is 5.41 Å². The van der Waals surface area contributed by atoms with Crippen LogP contribution in [-0.2, 0) is 9.53 Å². The lowest BCUT2D eigenvalue weighted by Crippen LogP contribution is -2.47. The van der Waals surface area contributed by atoms with Crippen LogP contribution < -0.4 is 10.6 Å². The molecule has 0 bridgehead atoms. The summed E-state index contributed by atoms with van der Waals surface area (Å²) >= 11 is 0. The van der Waals surface area contributed by atoms with Crippen molar-refractivity contribution in [1.29, 1.82) is 5.26 Å². The van der Waals surface area contributed by atoms with Gasteiger partial charge in [-0.15, -0.1) is 0 Å². The first-order valence-electron chi connectivity index (χ1n) is 6.71. The fourth-order valence-corrected chi connectivity index (χ4v) is 2.51. The van der Waals surface area contributed by atoms with E-state index in [1.165, 1.54) is 0 Å². The smallest absolute Gasteiger partial charge is 0.233 e. The number of carbonyl (C=O) groups is 1. The zero-order valence-electron chi connectivity index (χ0n) is 11.6. The summed E-state index contributed by atoms with van der Waals surface area (Å²) in [5.41, 5.74) is 0.827. The van der Waals surface area contributed by atoms with Crippen LogP contribution in [0.25, 0.3) is 0 Å². The number of piperidine rings is 1. The number of ether oxygens (including phenoxy) is 1. The Bertz CT molecular complexity index is 493. The Labute approximate surface area is 118 Å². The quantitative estimate of drug-likeness (QED) is 0.872. The molecule has 1 saturated heterocycles. The van der Waals surface area contributed by atoms with Gasteiger partial charge in [-0.25, -0.2) is 0 Å². The van der Waals surface area contributed by atoms with E-state index in [0.717, 1.165) is 25.9 Å². The van der Waals surface area contributed by atoms with Crippen LogP contribution in [0.15, 0.2) is 24.3 Å². The van der Waals surface area contributed by atoms with Crippen LogP contribution in [0, 0.1) is 16.7 Å². The number of benzene rings is 1. The molecule has 2 rings (SSSR count). The standard InChI is InChI=1S/C15H19N3O2/c1-20-11-15(6-8-17-9-7-15)14(19)18-13-4-2-12(10-16)3-5-13/h2-5,17H,6-9,11H2,1H3,(H,18,19). The van der Waals surface area contributed by atoms with Crippen molar-refractivity contribution in [3.63, 3.8) is 0 Å². The Morgan fingerprint density at radius 3 is 2.60 bits per heavy atom. The van der Waals surface area contributed by atoms with Crippen molar-refractivity contribution in [1.82, 2.24) is 5.32 Å². The lowest BCUT2D eigenvalue weighted by atomic mass is 9.78. The Morgan fingerprint density at radius 1 is 1.40 bits per heavy atom. The summed E-state index contributed by atoms with van der Waals surface area (Å²) < 4.78 is 5.25. The van der Waals surface area contributed by atoms with Crippen LogP contribution in [0.3, 0.4) is 0 Å². The molecule has 1 aromatic rings. The van der Waals surface area contributed by atoms with Crippen molar-refractivity contribution in [3.05, 3.63) is 29.8 Å². The van der Waals surface area contributed by atoms with Gasteiger partial charge in [0.25, 0.3) is 0 Å². The number of rotatable bonds is 4. The molecule has 0 aromatic heterocycles. The van der Waals surface area contributed by atoms with Crippen molar-refractivity contribution in [3.8, 4) is 6.07 Å². The van der Waals surface area contributed by atoms with E-state index >= 15 is 0 Å². The molecule has 0 atom stereocenters. The van der Waals surface area contributed by atoms with Gasteiger partial charge in [0.05, 0.1) is 23.7 Å². The molecule has 1 amide bonds. The molecule has 5 heteroatoms. The fraction of sp³-hybridized carbons (Fsp3) is 0.467. The molecule has 20 heavy (non-hydrogen) atoms. The molecule has 0 spiro atoms. The number of methoxy groups -OCH3 is 1. The number of nitrogens with zero attached hydrogens (tertiary/aromatic N) is 1. The Hall–Kier alpha value is -1.90. The van der Waals surface area contributed by atoms with E-state index in [0.29, 0.717) is 17.9 Å². The zero-order chi connectivity index (χ0) is 14.4. The highest BCUT2D eigenvalue weighted by Crippen LogP contribution is 2.30. The normalized spacial score (nSPS) is 17.2. The second kappa shape index (κ2) is 6.51. The van der Waals surface area contributed by atoms with Crippen LogP contribution in [0.1, 0.15) is 18.4 Å². The van der Waals surface area contributed by atoms with Crippen molar-refractivity contribution < 1.29 is 9.53 Å². The minimum atomic E-state index is -0.464. The number of nitrogens with one attached hydrogen (secondary N) is 2. The average Bonchev–Trinajstić information content (AvgIpc) is 2.49. The van der Waals surface area contributed by atoms with Gasteiger partial charge in [0, 0.05) is 12.8 Å². The molecule has 1 aliphatic rings.